The molecule has 0 atom stereocenters. The standard InChI is InChI=1S/C27H28Cl2N6O2/c1-15-22(24(34-37-15)23-19(28)8-6-9-20(23)29)26(36)30-16-11-13-17(14-12-16)31-27-32-21-10-5-4-7-18(21)25(33-27)35(2)3/h4-10,16-17H,11-14H2,1-3H3,(H,30,36)(H,31,32,33)/t16-,17+. The molecule has 1 amide bonds. The van der Waals surface area contributed by atoms with E-state index in [1.54, 1.807) is 25.1 Å². The highest BCUT2D eigenvalue weighted by Gasteiger charge is 2.28. The lowest BCUT2D eigenvalue weighted by Crippen LogP contribution is -2.40. The SMILES string of the molecule is Cc1onc(-c2c(Cl)cccc2Cl)c1C(=O)N[C@H]1CC[C@@H](Nc2nc(N(C)C)c3ccccc3n2)CC1. The first kappa shape index (κ1) is 25.3. The van der Waals surface area contributed by atoms with Crippen LogP contribution in [0.2, 0.25) is 10.0 Å². The molecule has 1 aliphatic carbocycles. The van der Waals surface area contributed by atoms with Crippen molar-refractivity contribution in [2.75, 3.05) is 24.3 Å². The maximum absolute atomic E-state index is 13.3. The van der Waals surface area contributed by atoms with E-state index < -0.39 is 0 Å². The summed E-state index contributed by atoms with van der Waals surface area (Å²) in [4.78, 5) is 24.7. The maximum Gasteiger partial charge on any atom is 0.257 e. The maximum atomic E-state index is 13.3. The van der Waals surface area contributed by atoms with Crippen molar-refractivity contribution in [2.24, 2.45) is 0 Å². The minimum atomic E-state index is -0.241. The third-order valence-corrected chi connectivity index (χ3v) is 7.32. The van der Waals surface area contributed by atoms with Crippen LogP contribution in [0.1, 0.15) is 41.8 Å². The van der Waals surface area contributed by atoms with E-state index in [9.17, 15) is 4.79 Å². The van der Waals surface area contributed by atoms with Gasteiger partial charge in [-0.25, -0.2) is 4.98 Å². The zero-order valence-corrected chi connectivity index (χ0v) is 22.4. The number of halogens is 2. The fourth-order valence-electron chi connectivity index (χ4n) is 4.82. The number of carbonyl (C=O) groups excluding carboxylic acids is 1. The molecule has 2 aromatic heterocycles. The second kappa shape index (κ2) is 10.6. The summed E-state index contributed by atoms with van der Waals surface area (Å²) < 4.78 is 5.36. The fourth-order valence-corrected chi connectivity index (χ4v) is 5.40. The van der Waals surface area contributed by atoms with Gasteiger partial charge in [0.1, 0.15) is 22.8 Å². The minimum absolute atomic E-state index is 0.0317. The average Bonchev–Trinajstić information content (AvgIpc) is 3.25. The van der Waals surface area contributed by atoms with Gasteiger partial charge in [-0.1, -0.05) is 46.6 Å². The van der Waals surface area contributed by atoms with Crippen LogP contribution >= 0.6 is 23.2 Å². The van der Waals surface area contributed by atoms with Gasteiger partial charge < -0.3 is 20.1 Å². The van der Waals surface area contributed by atoms with Crippen LogP contribution in [-0.2, 0) is 0 Å². The molecule has 8 nitrogen and oxygen atoms in total. The molecule has 2 aromatic carbocycles. The Morgan fingerprint density at radius 3 is 2.35 bits per heavy atom. The van der Waals surface area contributed by atoms with E-state index in [4.69, 9.17) is 37.7 Å². The number of amides is 1. The van der Waals surface area contributed by atoms with E-state index >= 15 is 0 Å². The Kier molecular flexibility index (Phi) is 7.22. The van der Waals surface area contributed by atoms with Gasteiger partial charge in [-0.3, -0.25) is 4.79 Å². The molecule has 0 saturated heterocycles. The molecular weight excluding hydrogens is 511 g/mol. The molecule has 1 saturated carbocycles. The van der Waals surface area contributed by atoms with Gasteiger partial charge in [0.25, 0.3) is 5.91 Å². The Morgan fingerprint density at radius 2 is 1.65 bits per heavy atom. The molecule has 0 spiro atoms. The third kappa shape index (κ3) is 5.22. The quantitative estimate of drug-likeness (QED) is 0.305. The van der Waals surface area contributed by atoms with Gasteiger partial charge in [-0.05, 0) is 56.9 Å². The van der Waals surface area contributed by atoms with E-state index in [1.807, 2.05) is 43.3 Å². The Labute approximate surface area is 225 Å². The molecule has 0 bridgehead atoms. The first-order valence-corrected chi connectivity index (χ1v) is 13.0. The van der Waals surface area contributed by atoms with E-state index in [2.05, 4.69) is 15.8 Å². The Balaban J connectivity index is 1.25. The van der Waals surface area contributed by atoms with E-state index in [1.165, 1.54) is 0 Å². The third-order valence-electron chi connectivity index (χ3n) is 6.69. The molecule has 10 heteroatoms. The second-order valence-corrected chi connectivity index (χ2v) is 10.3. The van der Waals surface area contributed by atoms with Crippen LogP contribution in [0.3, 0.4) is 0 Å². The molecule has 1 fully saturated rings. The minimum Gasteiger partial charge on any atom is -0.362 e. The number of benzene rings is 2. The number of anilines is 2. The van der Waals surface area contributed by atoms with Crippen LogP contribution in [-0.4, -0.2) is 47.2 Å². The number of hydrogen-bond acceptors (Lipinski definition) is 7. The van der Waals surface area contributed by atoms with Gasteiger partial charge in [0.05, 0.1) is 15.6 Å². The van der Waals surface area contributed by atoms with Crippen molar-refractivity contribution in [2.45, 2.75) is 44.7 Å². The highest BCUT2D eigenvalue weighted by Crippen LogP contribution is 2.37. The Bertz CT molecular complexity index is 1430. The first-order chi connectivity index (χ1) is 17.8. The largest absolute Gasteiger partial charge is 0.362 e. The van der Waals surface area contributed by atoms with Crippen molar-refractivity contribution in [1.82, 2.24) is 20.4 Å². The fraction of sp³-hybridized carbons (Fsp3) is 0.333. The molecule has 5 rings (SSSR count). The summed E-state index contributed by atoms with van der Waals surface area (Å²) in [6.07, 6.45) is 3.41. The van der Waals surface area contributed by atoms with Crippen molar-refractivity contribution in [3.8, 4) is 11.3 Å². The molecule has 37 heavy (non-hydrogen) atoms. The zero-order valence-electron chi connectivity index (χ0n) is 20.9. The lowest BCUT2D eigenvalue weighted by atomic mass is 9.91. The molecule has 0 unspecified atom stereocenters. The molecule has 0 aliphatic heterocycles. The van der Waals surface area contributed by atoms with Gasteiger partial charge in [-0.15, -0.1) is 0 Å². The summed E-state index contributed by atoms with van der Waals surface area (Å²) in [6, 6.07) is 13.4. The van der Waals surface area contributed by atoms with Crippen LogP contribution in [0, 0.1) is 6.92 Å². The van der Waals surface area contributed by atoms with Crippen LogP contribution in [0.5, 0.6) is 0 Å². The number of para-hydroxylation sites is 1. The summed E-state index contributed by atoms with van der Waals surface area (Å²) >= 11 is 12.7. The average molecular weight is 539 g/mol. The van der Waals surface area contributed by atoms with Gasteiger partial charge in [0.15, 0.2) is 0 Å². The van der Waals surface area contributed by atoms with Crippen LogP contribution in [0.4, 0.5) is 11.8 Å². The van der Waals surface area contributed by atoms with E-state index in [-0.39, 0.29) is 18.0 Å². The normalized spacial score (nSPS) is 17.5. The number of nitrogens with zero attached hydrogens (tertiary/aromatic N) is 4. The summed E-state index contributed by atoms with van der Waals surface area (Å²) in [6.45, 7) is 1.71. The van der Waals surface area contributed by atoms with E-state index in [0.717, 1.165) is 42.4 Å². The molecule has 4 aromatic rings. The number of aryl methyl sites for hydroxylation is 1. The summed E-state index contributed by atoms with van der Waals surface area (Å²) in [5.74, 6) is 1.68. The van der Waals surface area contributed by atoms with Crippen molar-refractivity contribution < 1.29 is 9.32 Å². The van der Waals surface area contributed by atoms with Crippen LogP contribution in [0.25, 0.3) is 22.2 Å². The lowest BCUT2D eigenvalue weighted by molar-refractivity contribution is 0.0925. The van der Waals surface area contributed by atoms with Gasteiger partial charge in [0, 0.05) is 37.1 Å². The van der Waals surface area contributed by atoms with Gasteiger partial charge in [0.2, 0.25) is 5.95 Å². The monoisotopic (exact) mass is 538 g/mol. The number of carbonyl (C=O) groups is 1. The topological polar surface area (TPSA) is 96.2 Å². The predicted molar refractivity (Wildman–Crippen MR) is 148 cm³/mol. The number of hydrogen-bond donors (Lipinski definition) is 2. The number of rotatable bonds is 6. The van der Waals surface area contributed by atoms with Crippen LogP contribution < -0.4 is 15.5 Å². The summed E-state index contributed by atoms with van der Waals surface area (Å²) in [5.41, 5.74) is 2.11. The molecule has 2 heterocycles. The van der Waals surface area contributed by atoms with Gasteiger partial charge in [-0.2, -0.15) is 4.98 Å². The summed E-state index contributed by atoms with van der Waals surface area (Å²) in [7, 11) is 3.96. The molecular formula is C27H28Cl2N6O2. The number of nitrogens with one attached hydrogen (secondary N) is 2. The Morgan fingerprint density at radius 1 is 0.973 bits per heavy atom. The van der Waals surface area contributed by atoms with Crippen LogP contribution in [0.15, 0.2) is 47.0 Å². The molecule has 2 N–H and O–H groups in total. The molecule has 1 aliphatic rings. The second-order valence-electron chi connectivity index (χ2n) is 9.51. The highest BCUT2D eigenvalue weighted by molar-refractivity contribution is 6.39. The Hall–Kier alpha value is -3.36. The highest BCUT2D eigenvalue weighted by atomic mass is 35.5. The van der Waals surface area contributed by atoms with Crippen molar-refractivity contribution >= 4 is 51.8 Å². The molecule has 192 valence electrons. The lowest BCUT2D eigenvalue weighted by Gasteiger charge is -2.30. The van der Waals surface area contributed by atoms with Crippen molar-refractivity contribution in [1.29, 1.82) is 0 Å². The predicted octanol–water partition coefficient (Wildman–Crippen LogP) is 6.12. The smallest absolute Gasteiger partial charge is 0.257 e. The van der Waals surface area contributed by atoms with Gasteiger partial charge >= 0.3 is 0 Å². The number of fused-ring (bicyclic) bond motifs is 1. The molecule has 0 radical (unpaired) electrons. The van der Waals surface area contributed by atoms with E-state index in [0.29, 0.717) is 38.6 Å². The van der Waals surface area contributed by atoms with Crippen molar-refractivity contribution in [3.63, 3.8) is 0 Å². The first-order valence-electron chi connectivity index (χ1n) is 12.2. The summed E-state index contributed by atoms with van der Waals surface area (Å²) in [5, 5.41) is 12.6. The van der Waals surface area contributed by atoms with Crippen molar-refractivity contribution in [3.05, 3.63) is 63.8 Å². The zero-order chi connectivity index (χ0) is 26.1. The number of aromatic nitrogens is 3.